The van der Waals surface area contributed by atoms with Crippen molar-refractivity contribution in [2.45, 2.75) is 6.04 Å². The van der Waals surface area contributed by atoms with Crippen molar-refractivity contribution in [3.63, 3.8) is 0 Å². The van der Waals surface area contributed by atoms with Crippen LogP contribution in [0.2, 0.25) is 0 Å². The van der Waals surface area contributed by atoms with Crippen LogP contribution in [0.5, 0.6) is 0 Å². The van der Waals surface area contributed by atoms with Gasteiger partial charge in [0, 0.05) is 13.7 Å². The number of halogens is 2. The van der Waals surface area contributed by atoms with Gasteiger partial charge in [-0.25, -0.2) is 8.78 Å². The van der Waals surface area contributed by atoms with E-state index in [4.69, 9.17) is 4.74 Å². The fraction of sp³-hybridized carbons (Fsp3) is 0.400. The number of nitrogens with one attached hydrogen (secondary N) is 2. The van der Waals surface area contributed by atoms with Crippen molar-refractivity contribution >= 4 is 11.4 Å². The molecule has 1 aromatic rings. The molecule has 3 nitrogen and oxygen atoms in total. The molecule has 0 saturated carbocycles. The molecule has 5 heteroatoms. The smallest absolute Gasteiger partial charge is 0.183 e. The minimum absolute atomic E-state index is 0.0428. The average molecular weight is 214 g/mol. The van der Waals surface area contributed by atoms with Crippen molar-refractivity contribution in [3.05, 3.63) is 23.8 Å². The molecule has 0 spiro atoms. The number of hydrogen-bond acceptors (Lipinski definition) is 3. The van der Waals surface area contributed by atoms with E-state index < -0.39 is 11.6 Å². The van der Waals surface area contributed by atoms with Crippen LogP contribution >= 0.6 is 0 Å². The first kappa shape index (κ1) is 10.2. The molecular weight excluding hydrogens is 202 g/mol. The molecule has 1 aromatic carbocycles. The normalized spacial score (nSPS) is 19.0. The predicted molar refractivity (Wildman–Crippen MR) is 54.1 cm³/mol. The first-order chi connectivity index (χ1) is 7.22. The van der Waals surface area contributed by atoms with E-state index in [-0.39, 0.29) is 11.7 Å². The summed E-state index contributed by atoms with van der Waals surface area (Å²) in [6.07, 6.45) is 0. The zero-order valence-electron chi connectivity index (χ0n) is 8.31. The maximum absolute atomic E-state index is 13.4. The van der Waals surface area contributed by atoms with Gasteiger partial charge >= 0.3 is 0 Å². The summed E-state index contributed by atoms with van der Waals surface area (Å²) in [4.78, 5) is 0. The van der Waals surface area contributed by atoms with Crippen LogP contribution in [0, 0.1) is 11.6 Å². The summed E-state index contributed by atoms with van der Waals surface area (Å²) >= 11 is 0. The van der Waals surface area contributed by atoms with Gasteiger partial charge in [0.2, 0.25) is 0 Å². The molecule has 15 heavy (non-hydrogen) atoms. The number of benzene rings is 1. The summed E-state index contributed by atoms with van der Waals surface area (Å²) < 4.78 is 31.3. The molecule has 1 aliphatic rings. The summed E-state index contributed by atoms with van der Waals surface area (Å²) in [6.45, 7) is 1.08. The van der Waals surface area contributed by atoms with Crippen molar-refractivity contribution in [1.29, 1.82) is 0 Å². The number of anilines is 2. The van der Waals surface area contributed by atoms with E-state index in [9.17, 15) is 8.78 Å². The Bertz CT molecular complexity index is 371. The van der Waals surface area contributed by atoms with Crippen molar-refractivity contribution in [1.82, 2.24) is 0 Å². The molecule has 0 fully saturated rings. The van der Waals surface area contributed by atoms with Gasteiger partial charge in [-0.3, -0.25) is 0 Å². The van der Waals surface area contributed by atoms with E-state index in [1.807, 2.05) is 0 Å². The Balaban J connectivity index is 2.27. The zero-order chi connectivity index (χ0) is 10.8. The van der Waals surface area contributed by atoms with Crippen LogP contribution in [0.4, 0.5) is 20.2 Å². The lowest BCUT2D eigenvalue weighted by Crippen LogP contribution is -2.37. The standard InChI is InChI=1S/C10H12F2N2O/c1-15-5-6-4-13-8-3-2-7(11)9(12)10(8)14-6/h2-3,6,13-14H,4-5H2,1H3. The highest BCUT2D eigenvalue weighted by Crippen LogP contribution is 2.30. The molecule has 0 radical (unpaired) electrons. The van der Waals surface area contributed by atoms with Crippen LogP contribution in [0.1, 0.15) is 0 Å². The molecule has 0 aromatic heterocycles. The fourth-order valence-electron chi connectivity index (χ4n) is 1.63. The van der Waals surface area contributed by atoms with Gasteiger partial charge in [-0.15, -0.1) is 0 Å². The number of hydrogen-bond donors (Lipinski definition) is 2. The molecule has 0 saturated heterocycles. The molecule has 0 bridgehead atoms. The number of methoxy groups -OCH3 is 1. The summed E-state index contributed by atoms with van der Waals surface area (Å²) in [5, 5.41) is 5.92. The first-order valence-electron chi connectivity index (χ1n) is 4.69. The van der Waals surface area contributed by atoms with E-state index in [1.165, 1.54) is 6.07 Å². The molecular formula is C10H12F2N2O. The predicted octanol–water partition coefficient (Wildman–Crippen LogP) is 1.82. The van der Waals surface area contributed by atoms with Gasteiger partial charge in [0.25, 0.3) is 0 Å². The maximum atomic E-state index is 13.4. The molecule has 2 rings (SSSR count). The van der Waals surface area contributed by atoms with E-state index >= 15 is 0 Å². The summed E-state index contributed by atoms with van der Waals surface area (Å²) in [6, 6.07) is 2.59. The van der Waals surface area contributed by atoms with Gasteiger partial charge in [-0.2, -0.15) is 0 Å². The molecule has 1 unspecified atom stereocenters. The largest absolute Gasteiger partial charge is 0.382 e. The third kappa shape index (κ3) is 1.87. The highest BCUT2D eigenvalue weighted by atomic mass is 19.2. The lowest BCUT2D eigenvalue weighted by molar-refractivity contribution is 0.188. The van der Waals surface area contributed by atoms with Crippen LogP contribution in [0.25, 0.3) is 0 Å². The minimum atomic E-state index is -0.846. The van der Waals surface area contributed by atoms with Crippen molar-refractivity contribution in [2.75, 3.05) is 30.9 Å². The second kappa shape index (κ2) is 4.02. The number of fused-ring (bicyclic) bond motifs is 1. The van der Waals surface area contributed by atoms with Gasteiger partial charge in [0.05, 0.1) is 24.0 Å². The van der Waals surface area contributed by atoms with Crippen molar-refractivity contribution < 1.29 is 13.5 Å². The third-order valence-corrected chi connectivity index (χ3v) is 2.35. The Labute approximate surface area is 86.4 Å². The summed E-state index contributed by atoms with van der Waals surface area (Å²) in [7, 11) is 1.57. The zero-order valence-corrected chi connectivity index (χ0v) is 8.31. The van der Waals surface area contributed by atoms with Crippen molar-refractivity contribution in [2.24, 2.45) is 0 Å². The Kier molecular flexibility index (Phi) is 2.73. The Hall–Kier alpha value is -1.36. The van der Waals surface area contributed by atoms with E-state index in [0.717, 1.165) is 6.07 Å². The van der Waals surface area contributed by atoms with E-state index in [1.54, 1.807) is 7.11 Å². The van der Waals surface area contributed by atoms with E-state index in [0.29, 0.717) is 18.8 Å². The Morgan fingerprint density at radius 1 is 1.47 bits per heavy atom. The van der Waals surface area contributed by atoms with Gasteiger partial charge in [-0.1, -0.05) is 0 Å². The van der Waals surface area contributed by atoms with Crippen LogP contribution < -0.4 is 10.6 Å². The summed E-state index contributed by atoms with van der Waals surface area (Å²) in [5.41, 5.74) is 0.768. The molecule has 1 atom stereocenters. The lowest BCUT2D eigenvalue weighted by Gasteiger charge is -2.28. The highest BCUT2D eigenvalue weighted by molar-refractivity contribution is 5.72. The quantitative estimate of drug-likeness (QED) is 0.787. The molecule has 1 heterocycles. The van der Waals surface area contributed by atoms with Crippen LogP contribution in [0.3, 0.4) is 0 Å². The van der Waals surface area contributed by atoms with Crippen LogP contribution in [-0.4, -0.2) is 26.3 Å². The number of ether oxygens (including phenoxy) is 1. The molecule has 0 aliphatic carbocycles. The van der Waals surface area contributed by atoms with Crippen LogP contribution in [-0.2, 0) is 4.74 Å². The summed E-state index contributed by atoms with van der Waals surface area (Å²) in [5.74, 6) is -1.69. The molecule has 1 aliphatic heterocycles. The molecule has 0 amide bonds. The van der Waals surface area contributed by atoms with Gasteiger partial charge < -0.3 is 15.4 Å². The minimum Gasteiger partial charge on any atom is -0.382 e. The first-order valence-corrected chi connectivity index (χ1v) is 4.69. The maximum Gasteiger partial charge on any atom is 0.183 e. The third-order valence-electron chi connectivity index (χ3n) is 2.35. The van der Waals surface area contributed by atoms with Gasteiger partial charge in [0.1, 0.15) is 0 Å². The number of rotatable bonds is 2. The van der Waals surface area contributed by atoms with E-state index in [2.05, 4.69) is 10.6 Å². The Morgan fingerprint density at radius 2 is 2.27 bits per heavy atom. The molecule has 82 valence electrons. The average Bonchev–Trinajstić information content (AvgIpc) is 2.25. The SMILES string of the molecule is COCC1CNc2ccc(F)c(F)c2N1. The monoisotopic (exact) mass is 214 g/mol. The Morgan fingerprint density at radius 3 is 3.00 bits per heavy atom. The van der Waals surface area contributed by atoms with Crippen LogP contribution in [0.15, 0.2) is 12.1 Å². The van der Waals surface area contributed by atoms with Crippen molar-refractivity contribution in [3.8, 4) is 0 Å². The fourth-order valence-corrected chi connectivity index (χ4v) is 1.63. The molecule has 2 N–H and O–H groups in total. The van der Waals surface area contributed by atoms with Gasteiger partial charge in [-0.05, 0) is 12.1 Å². The second-order valence-electron chi connectivity index (χ2n) is 3.46. The second-order valence-corrected chi connectivity index (χ2v) is 3.46. The van der Waals surface area contributed by atoms with Gasteiger partial charge in [0.15, 0.2) is 11.6 Å². The highest BCUT2D eigenvalue weighted by Gasteiger charge is 2.21. The topological polar surface area (TPSA) is 33.3 Å². The lowest BCUT2D eigenvalue weighted by atomic mass is 10.1.